The van der Waals surface area contributed by atoms with Crippen LogP contribution in [0.2, 0.25) is 0 Å². The minimum absolute atomic E-state index is 0.298. The Morgan fingerprint density at radius 2 is 2.26 bits per heavy atom. The zero-order chi connectivity index (χ0) is 13.7. The van der Waals surface area contributed by atoms with Crippen molar-refractivity contribution in [2.24, 2.45) is 0 Å². The molecule has 0 bridgehead atoms. The first-order valence-electron chi connectivity index (χ1n) is 6.36. The largest absolute Gasteiger partial charge is 0.482 e. The summed E-state index contributed by atoms with van der Waals surface area (Å²) >= 11 is 0. The summed E-state index contributed by atoms with van der Waals surface area (Å²) in [5.41, 5.74) is 1.01. The molecule has 0 amide bonds. The van der Waals surface area contributed by atoms with Crippen molar-refractivity contribution in [3.63, 3.8) is 0 Å². The van der Waals surface area contributed by atoms with Crippen molar-refractivity contribution in [2.75, 3.05) is 26.8 Å². The van der Waals surface area contributed by atoms with Gasteiger partial charge >= 0.3 is 5.97 Å². The van der Waals surface area contributed by atoms with Crippen molar-refractivity contribution >= 4 is 5.97 Å². The summed E-state index contributed by atoms with van der Waals surface area (Å²) in [6.45, 7) is 2.35. The van der Waals surface area contributed by atoms with Gasteiger partial charge in [-0.25, -0.2) is 4.79 Å². The number of para-hydroxylation sites is 1. The number of rotatable bonds is 6. The van der Waals surface area contributed by atoms with E-state index < -0.39 is 5.97 Å². The van der Waals surface area contributed by atoms with Crippen LogP contribution in [0.15, 0.2) is 24.3 Å². The van der Waals surface area contributed by atoms with Crippen molar-refractivity contribution in [3.8, 4) is 5.75 Å². The molecule has 1 N–H and O–H groups in total. The highest BCUT2D eigenvalue weighted by atomic mass is 16.5. The van der Waals surface area contributed by atoms with Crippen LogP contribution in [0, 0.1) is 0 Å². The highest BCUT2D eigenvalue weighted by molar-refractivity contribution is 5.68. The fourth-order valence-electron chi connectivity index (χ4n) is 2.29. The molecular weight excluding hydrogens is 246 g/mol. The molecule has 1 aliphatic heterocycles. The molecule has 104 valence electrons. The van der Waals surface area contributed by atoms with Crippen LogP contribution < -0.4 is 4.74 Å². The van der Waals surface area contributed by atoms with E-state index in [1.165, 1.54) is 0 Å². The Balaban J connectivity index is 1.97. The first-order chi connectivity index (χ1) is 9.19. The van der Waals surface area contributed by atoms with Gasteiger partial charge in [-0.3, -0.25) is 4.90 Å². The van der Waals surface area contributed by atoms with E-state index in [1.807, 2.05) is 24.3 Å². The number of hydrogen-bond donors (Lipinski definition) is 1. The Kier molecular flexibility index (Phi) is 4.76. The molecule has 0 unspecified atom stereocenters. The standard InChI is InChI=1S/C14H19NO4/c1-18-12-6-7-15(9-12)8-11-4-2-3-5-13(11)19-10-14(16)17/h2-5,12H,6-10H2,1H3,(H,16,17)/t12-/m0/s1. The second kappa shape index (κ2) is 6.54. The number of nitrogens with zero attached hydrogens (tertiary/aromatic N) is 1. The molecule has 0 saturated carbocycles. The molecule has 0 aliphatic carbocycles. The van der Waals surface area contributed by atoms with E-state index in [9.17, 15) is 4.79 Å². The number of hydrogen-bond acceptors (Lipinski definition) is 4. The van der Waals surface area contributed by atoms with Crippen molar-refractivity contribution in [2.45, 2.75) is 19.1 Å². The van der Waals surface area contributed by atoms with Gasteiger partial charge in [-0.15, -0.1) is 0 Å². The number of aliphatic carboxylic acids is 1. The van der Waals surface area contributed by atoms with Gasteiger partial charge in [0.25, 0.3) is 0 Å². The summed E-state index contributed by atoms with van der Waals surface area (Å²) in [4.78, 5) is 12.8. The molecule has 5 nitrogen and oxygen atoms in total. The predicted octanol–water partition coefficient (Wildman–Crippen LogP) is 1.37. The number of carboxylic acids is 1. The van der Waals surface area contributed by atoms with Crippen molar-refractivity contribution in [3.05, 3.63) is 29.8 Å². The van der Waals surface area contributed by atoms with Gasteiger partial charge in [-0.2, -0.15) is 0 Å². The van der Waals surface area contributed by atoms with Gasteiger partial charge in [0.05, 0.1) is 6.10 Å². The van der Waals surface area contributed by atoms with Crippen LogP contribution >= 0.6 is 0 Å². The summed E-state index contributed by atoms with van der Waals surface area (Å²) in [5.74, 6) is -0.318. The smallest absolute Gasteiger partial charge is 0.341 e. The van der Waals surface area contributed by atoms with Crippen LogP contribution in [0.4, 0.5) is 0 Å². The SMILES string of the molecule is CO[C@H]1CCN(Cc2ccccc2OCC(=O)O)C1. The van der Waals surface area contributed by atoms with Gasteiger partial charge in [-0.1, -0.05) is 18.2 Å². The van der Waals surface area contributed by atoms with E-state index in [0.717, 1.165) is 31.6 Å². The summed E-state index contributed by atoms with van der Waals surface area (Å²) in [5, 5.41) is 8.66. The number of carbonyl (C=O) groups is 1. The maximum atomic E-state index is 10.6. The molecular formula is C14H19NO4. The quantitative estimate of drug-likeness (QED) is 0.842. The molecule has 5 heteroatoms. The molecule has 0 radical (unpaired) electrons. The minimum Gasteiger partial charge on any atom is -0.482 e. The van der Waals surface area contributed by atoms with Crippen molar-refractivity contribution in [1.82, 2.24) is 4.90 Å². The zero-order valence-electron chi connectivity index (χ0n) is 11.0. The van der Waals surface area contributed by atoms with Crippen LogP contribution in [0.5, 0.6) is 5.75 Å². The molecule has 0 spiro atoms. The van der Waals surface area contributed by atoms with E-state index in [4.69, 9.17) is 14.6 Å². The highest BCUT2D eigenvalue weighted by Crippen LogP contribution is 2.22. The minimum atomic E-state index is -0.963. The third kappa shape index (κ3) is 3.94. The number of benzene rings is 1. The maximum absolute atomic E-state index is 10.6. The van der Waals surface area contributed by atoms with Crippen LogP contribution in [0.1, 0.15) is 12.0 Å². The van der Waals surface area contributed by atoms with E-state index in [0.29, 0.717) is 11.9 Å². The molecule has 1 atom stereocenters. The van der Waals surface area contributed by atoms with Gasteiger partial charge in [-0.05, 0) is 12.5 Å². The Labute approximate surface area is 112 Å². The molecule has 1 aromatic rings. The number of methoxy groups -OCH3 is 1. The van der Waals surface area contributed by atoms with Gasteiger partial charge in [0.15, 0.2) is 6.61 Å². The first kappa shape index (κ1) is 13.8. The van der Waals surface area contributed by atoms with Crippen molar-refractivity contribution in [1.29, 1.82) is 0 Å². The molecule has 19 heavy (non-hydrogen) atoms. The van der Waals surface area contributed by atoms with E-state index in [1.54, 1.807) is 7.11 Å². The monoisotopic (exact) mass is 265 g/mol. The van der Waals surface area contributed by atoms with E-state index in [-0.39, 0.29) is 6.61 Å². The lowest BCUT2D eigenvalue weighted by atomic mass is 10.2. The topological polar surface area (TPSA) is 59.0 Å². The van der Waals surface area contributed by atoms with Gasteiger partial charge in [0.1, 0.15) is 5.75 Å². The number of likely N-dealkylation sites (tertiary alicyclic amines) is 1. The van der Waals surface area contributed by atoms with Crippen LogP contribution in [-0.2, 0) is 16.1 Å². The first-order valence-corrected chi connectivity index (χ1v) is 6.36. The van der Waals surface area contributed by atoms with Crippen LogP contribution in [-0.4, -0.2) is 48.9 Å². The summed E-state index contributed by atoms with van der Waals surface area (Å²) < 4.78 is 10.6. The lowest BCUT2D eigenvalue weighted by Gasteiger charge is -2.17. The molecule has 1 heterocycles. The summed E-state index contributed by atoms with van der Waals surface area (Å²) in [6.07, 6.45) is 1.33. The molecule has 2 rings (SSSR count). The van der Waals surface area contributed by atoms with Gasteiger partial charge in [0, 0.05) is 32.3 Å². The Hall–Kier alpha value is -1.59. The average molecular weight is 265 g/mol. The summed E-state index contributed by atoms with van der Waals surface area (Å²) in [7, 11) is 1.73. The molecule has 1 saturated heterocycles. The highest BCUT2D eigenvalue weighted by Gasteiger charge is 2.22. The Morgan fingerprint density at radius 3 is 2.95 bits per heavy atom. The second-order valence-electron chi connectivity index (χ2n) is 4.67. The lowest BCUT2D eigenvalue weighted by molar-refractivity contribution is -0.139. The summed E-state index contributed by atoms with van der Waals surface area (Å²) in [6, 6.07) is 7.56. The Bertz CT molecular complexity index is 435. The fourth-order valence-corrected chi connectivity index (χ4v) is 2.29. The Morgan fingerprint density at radius 1 is 1.47 bits per heavy atom. The molecule has 1 aliphatic rings. The lowest BCUT2D eigenvalue weighted by Crippen LogP contribution is -2.23. The molecule has 1 fully saturated rings. The predicted molar refractivity (Wildman–Crippen MR) is 70.3 cm³/mol. The zero-order valence-corrected chi connectivity index (χ0v) is 11.0. The number of ether oxygens (including phenoxy) is 2. The number of carboxylic acid groups (broad SMARTS) is 1. The van der Waals surface area contributed by atoms with Gasteiger partial charge < -0.3 is 14.6 Å². The van der Waals surface area contributed by atoms with Crippen LogP contribution in [0.3, 0.4) is 0 Å². The maximum Gasteiger partial charge on any atom is 0.341 e. The molecule has 0 aromatic heterocycles. The third-order valence-electron chi connectivity index (χ3n) is 3.28. The second-order valence-corrected chi connectivity index (χ2v) is 4.67. The third-order valence-corrected chi connectivity index (χ3v) is 3.28. The average Bonchev–Trinajstić information content (AvgIpc) is 2.85. The normalized spacial score (nSPS) is 19.5. The molecule has 1 aromatic carbocycles. The van der Waals surface area contributed by atoms with E-state index >= 15 is 0 Å². The van der Waals surface area contributed by atoms with Crippen LogP contribution in [0.25, 0.3) is 0 Å². The fraction of sp³-hybridized carbons (Fsp3) is 0.500. The van der Waals surface area contributed by atoms with Gasteiger partial charge in [0.2, 0.25) is 0 Å². The van der Waals surface area contributed by atoms with Crippen molar-refractivity contribution < 1.29 is 19.4 Å². The van der Waals surface area contributed by atoms with E-state index in [2.05, 4.69) is 4.90 Å².